The van der Waals surface area contributed by atoms with Gasteiger partial charge in [-0.15, -0.1) is 0 Å². The Morgan fingerprint density at radius 2 is 1.65 bits per heavy atom. The molecule has 6 nitrogen and oxygen atoms in total. The molecule has 0 spiro atoms. The molecule has 0 atom stereocenters. The van der Waals surface area contributed by atoms with Gasteiger partial charge >= 0.3 is 11.5 Å². The Balaban J connectivity index is 2.07. The largest absolute Gasteiger partial charge is 0.501 e. The number of carbonyl (C=O) groups is 1. The van der Waals surface area contributed by atoms with Crippen molar-refractivity contribution in [1.29, 1.82) is 0 Å². The molecule has 2 N–H and O–H groups in total. The summed E-state index contributed by atoms with van der Waals surface area (Å²) in [7, 11) is -5.41. The predicted molar refractivity (Wildman–Crippen MR) is 76.6 cm³/mol. The van der Waals surface area contributed by atoms with Crippen LogP contribution in [-0.2, 0) is 9.84 Å². The Kier molecular flexibility index (Phi) is 4.55. The lowest BCUT2D eigenvalue weighted by Gasteiger charge is -2.10. The maximum absolute atomic E-state index is 12.4. The summed E-state index contributed by atoms with van der Waals surface area (Å²) in [5, 5.41) is 4.74. The van der Waals surface area contributed by atoms with Crippen LogP contribution in [0, 0.1) is 0 Å². The zero-order valence-corrected chi connectivity index (χ0v) is 12.1. The summed E-state index contributed by atoms with van der Waals surface area (Å²) in [4.78, 5) is 14.6. The highest BCUT2D eigenvalue weighted by atomic mass is 32.2. The molecule has 10 heteroatoms. The first-order chi connectivity index (χ1) is 10.7. The minimum atomic E-state index is -5.41. The minimum Gasteiger partial charge on any atom is -0.308 e. The molecule has 0 aliphatic heterocycles. The topological polar surface area (TPSA) is 88.2 Å². The van der Waals surface area contributed by atoms with Crippen LogP contribution >= 0.6 is 0 Å². The van der Waals surface area contributed by atoms with E-state index in [1.54, 1.807) is 18.2 Å². The Morgan fingerprint density at radius 3 is 2.17 bits per heavy atom. The van der Waals surface area contributed by atoms with Gasteiger partial charge in [0.05, 0.1) is 4.90 Å². The summed E-state index contributed by atoms with van der Waals surface area (Å²) in [5.74, 6) is 0.279. The SMILES string of the molecule is O=C(Nc1ccc(S(=O)(=O)C(F)(F)F)cc1)Nc1ccccn1. The van der Waals surface area contributed by atoms with Crippen LogP contribution in [0.2, 0.25) is 0 Å². The third-order valence-corrected chi connectivity index (χ3v) is 4.14. The molecule has 0 fully saturated rings. The van der Waals surface area contributed by atoms with Crippen molar-refractivity contribution < 1.29 is 26.4 Å². The highest BCUT2D eigenvalue weighted by Gasteiger charge is 2.46. The molecular formula is C13H10F3N3O3S. The number of rotatable bonds is 3. The molecule has 2 rings (SSSR count). The van der Waals surface area contributed by atoms with Crippen molar-refractivity contribution in [2.24, 2.45) is 0 Å². The van der Waals surface area contributed by atoms with Crippen LogP contribution in [0.1, 0.15) is 0 Å². The van der Waals surface area contributed by atoms with Crippen LogP contribution in [0.5, 0.6) is 0 Å². The molecule has 1 aromatic carbocycles. The van der Waals surface area contributed by atoms with Gasteiger partial charge in [0.15, 0.2) is 0 Å². The van der Waals surface area contributed by atoms with E-state index in [1.165, 1.54) is 6.20 Å². The van der Waals surface area contributed by atoms with Crippen molar-refractivity contribution >= 4 is 27.4 Å². The monoisotopic (exact) mass is 345 g/mol. The van der Waals surface area contributed by atoms with Gasteiger partial charge in [-0.05, 0) is 36.4 Å². The summed E-state index contributed by atoms with van der Waals surface area (Å²) in [6, 6.07) is 7.81. The third-order valence-electron chi connectivity index (χ3n) is 2.63. The number of halogens is 3. The highest BCUT2D eigenvalue weighted by Crippen LogP contribution is 2.30. The number of urea groups is 1. The van der Waals surface area contributed by atoms with Gasteiger partial charge in [0.25, 0.3) is 9.84 Å². The Morgan fingerprint density at radius 1 is 1.00 bits per heavy atom. The van der Waals surface area contributed by atoms with E-state index >= 15 is 0 Å². The number of anilines is 2. The van der Waals surface area contributed by atoms with Crippen molar-refractivity contribution in [1.82, 2.24) is 4.98 Å². The second-order valence-corrected chi connectivity index (χ2v) is 6.21. The van der Waals surface area contributed by atoms with Crippen LogP contribution in [0.25, 0.3) is 0 Å². The molecule has 0 aliphatic carbocycles. The van der Waals surface area contributed by atoms with Gasteiger partial charge in [-0.3, -0.25) is 5.32 Å². The van der Waals surface area contributed by atoms with Crippen LogP contribution < -0.4 is 10.6 Å². The molecule has 1 aromatic heterocycles. The molecule has 0 unspecified atom stereocenters. The van der Waals surface area contributed by atoms with Crippen LogP contribution in [0.3, 0.4) is 0 Å². The number of sulfone groups is 1. The van der Waals surface area contributed by atoms with Crippen LogP contribution in [0.4, 0.5) is 29.5 Å². The average Bonchev–Trinajstić information content (AvgIpc) is 2.47. The first-order valence-corrected chi connectivity index (χ1v) is 7.59. The molecule has 2 aromatic rings. The van der Waals surface area contributed by atoms with E-state index < -0.39 is 26.3 Å². The summed E-state index contributed by atoms with van der Waals surface area (Å²) < 4.78 is 59.6. The van der Waals surface area contributed by atoms with E-state index in [9.17, 15) is 26.4 Å². The molecule has 23 heavy (non-hydrogen) atoms. The maximum Gasteiger partial charge on any atom is 0.501 e. The van der Waals surface area contributed by atoms with Crippen molar-refractivity contribution in [3.63, 3.8) is 0 Å². The number of nitrogens with zero attached hydrogens (tertiary/aromatic N) is 1. The van der Waals surface area contributed by atoms with E-state index in [2.05, 4.69) is 15.6 Å². The van der Waals surface area contributed by atoms with Gasteiger partial charge in [-0.1, -0.05) is 6.07 Å². The quantitative estimate of drug-likeness (QED) is 0.895. The predicted octanol–water partition coefficient (Wildman–Crippen LogP) is 3.02. The Hall–Kier alpha value is -2.62. The highest BCUT2D eigenvalue weighted by molar-refractivity contribution is 7.92. The third kappa shape index (κ3) is 3.97. The van der Waals surface area contributed by atoms with Crippen LogP contribution in [0.15, 0.2) is 53.6 Å². The molecule has 122 valence electrons. The van der Waals surface area contributed by atoms with Gasteiger partial charge in [0.1, 0.15) is 5.82 Å². The number of aromatic nitrogens is 1. The Labute approximate surface area is 129 Å². The molecule has 0 bridgehead atoms. The van der Waals surface area contributed by atoms with E-state index in [0.717, 1.165) is 24.3 Å². The maximum atomic E-state index is 12.4. The number of benzene rings is 1. The number of amides is 2. The fourth-order valence-corrected chi connectivity index (χ4v) is 2.33. The molecule has 0 saturated heterocycles. The number of pyridine rings is 1. The van der Waals surface area contributed by atoms with Gasteiger partial charge in [-0.2, -0.15) is 13.2 Å². The molecule has 0 radical (unpaired) electrons. The smallest absolute Gasteiger partial charge is 0.308 e. The Bertz CT molecular complexity index is 791. The van der Waals surface area contributed by atoms with Crippen molar-refractivity contribution in [3.8, 4) is 0 Å². The fraction of sp³-hybridized carbons (Fsp3) is 0.0769. The van der Waals surface area contributed by atoms with Gasteiger partial charge in [0, 0.05) is 11.9 Å². The second kappa shape index (κ2) is 6.24. The zero-order valence-electron chi connectivity index (χ0n) is 11.3. The van der Waals surface area contributed by atoms with Crippen molar-refractivity contribution in [3.05, 3.63) is 48.7 Å². The van der Waals surface area contributed by atoms with Gasteiger partial charge in [-0.25, -0.2) is 18.2 Å². The zero-order chi connectivity index (χ0) is 17.1. The first kappa shape index (κ1) is 16.7. The summed E-state index contributed by atoms with van der Waals surface area (Å²) >= 11 is 0. The number of hydrogen-bond acceptors (Lipinski definition) is 4. The van der Waals surface area contributed by atoms with E-state index in [1.807, 2.05) is 0 Å². The average molecular weight is 345 g/mol. The molecule has 0 aliphatic rings. The second-order valence-electron chi connectivity index (χ2n) is 4.27. The standard InChI is InChI=1S/C13H10F3N3O3S/c14-13(15,16)23(21,22)10-6-4-9(5-7-10)18-12(20)19-11-3-1-2-8-17-11/h1-8H,(H2,17,18,19,20). The molecular weight excluding hydrogens is 335 g/mol. The summed E-state index contributed by atoms with van der Waals surface area (Å²) in [5.41, 5.74) is -5.25. The van der Waals surface area contributed by atoms with Crippen LogP contribution in [-0.4, -0.2) is 24.9 Å². The summed E-state index contributed by atoms with van der Waals surface area (Å²) in [6.45, 7) is 0. The van der Waals surface area contributed by atoms with Crippen molar-refractivity contribution in [2.45, 2.75) is 10.4 Å². The normalized spacial score (nSPS) is 11.8. The minimum absolute atomic E-state index is 0.125. The summed E-state index contributed by atoms with van der Waals surface area (Å²) in [6.07, 6.45) is 1.46. The number of hydrogen-bond donors (Lipinski definition) is 2. The van der Waals surface area contributed by atoms with E-state index in [4.69, 9.17) is 0 Å². The lowest BCUT2D eigenvalue weighted by Crippen LogP contribution is -2.23. The number of nitrogens with one attached hydrogen (secondary N) is 2. The molecule has 2 amide bonds. The number of carbonyl (C=O) groups excluding carboxylic acids is 1. The van der Waals surface area contributed by atoms with E-state index in [-0.39, 0.29) is 11.5 Å². The molecule has 1 heterocycles. The first-order valence-electron chi connectivity index (χ1n) is 6.10. The fourth-order valence-electron chi connectivity index (χ4n) is 1.57. The lowest BCUT2D eigenvalue weighted by molar-refractivity contribution is -0.0436. The van der Waals surface area contributed by atoms with E-state index in [0.29, 0.717) is 0 Å². The lowest BCUT2D eigenvalue weighted by atomic mass is 10.3. The van der Waals surface area contributed by atoms with Crippen molar-refractivity contribution in [2.75, 3.05) is 10.6 Å². The van der Waals surface area contributed by atoms with Gasteiger partial charge in [0.2, 0.25) is 0 Å². The van der Waals surface area contributed by atoms with Gasteiger partial charge < -0.3 is 5.32 Å². The number of alkyl halides is 3. The molecule has 0 saturated carbocycles.